The second kappa shape index (κ2) is 6.92. The van der Waals surface area contributed by atoms with Crippen molar-refractivity contribution in [2.75, 3.05) is 17.2 Å². The van der Waals surface area contributed by atoms with E-state index >= 15 is 0 Å². The summed E-state index contributed by atoms with van der Waals surface area (Å²) in [6.07, 6.45) is 0.630. The van der Waals surface area contributed by atoms with Crippen LogP contribution in [0.15, 0.2) is 18.6 Å². The first kappa shape index (κ1) is 19.8. The summed E-state index contributed by atoms with van der Waals surface area (Å²) >= 11 is 0. The molecule has 9 nitrogen and oxygen atoms in total. The predicted molar refractivity (Wildman–Crippen MR) is 106 cm³/mol. The topological polar surface area (TPSA) is 98.4 Å². The first-order valence-corrected chi connectivity index (χ1v) is 10.2. The van der Waals surface area contributed by atoms with Crippen molar-refractivity contribution in [3.8, 4) is 0 Å². The lowest BCUT2D eigenvalue weighted by molar-refractivity contribution is -0.137. The van der Waals surface area contributed by atoms with Crippen LogP contribution in [0.2, 0.25) is 0 Å². The smallest absolute Gasteiger partial charge is 0.370 e. The Balaban J connectivity index is 1.50. The molecule has 4 heterocycles. The SMILES string of the molecule is CCNc1nc(Nc2cc(C3(C)CCn4ncnc43)nn2C2CC2)ncc1C(F)(F)F. The molecule has 0 radical (unpaired) electrons. The zero-order chi connectivity index (χ0) is 21.8. The number of nitrogens with one attached hydrogen (secondary N) is 2. The molecule has 2 N–H and O–H groups in total. The van der Waals surface area contributed by atoms with E-state index in [1.165, 1.54) is 0 Å². The molecule has 1 fully saturated rings. The summed E-state index contributed by atoms with van der Waals surface area (Å²) in [7, 11) is 0. The average Bonchev–Trinajstić information content (AvgIpc) is 3.15. The highest BCUT2D eigenvalue weighted by molar-refractivity contribution is 5.55. The van der Waals surface area contributed by atoms with Crippen molar-refractivity contribution in [2.24, 2.45) is 0 Å². The Morgan fingerprint density at radius 3 is 2.77 bits per heavy atom. The molecule has 0 saturated heterocycles. The van der Waals surface area contributed by atoms with Gasteiger partial charge in [-0.1, -0.05) is 0 Å². The van der Waals surface area contributed by atoms with Gasteiger partial charge < -0.3 is 10.6 Å². The summed E-state index contributed by atoms with van der Waals surface area (Å²) in [5.74, 6) is 1.34. The van der Waals surface area contributed by atoms with Crippen molar-refractivity contribution in [2.45, 2.75) is 57.3 Å². The average molecular weight is 433 g/mol. The van der Waals surface area contributed by atoms with Crippen LogP contribution >= 0.6 is 0 Å². The third-order valence-corrected chi connectivity index (χ3v) is 5.80. The summed E-state index contributed by atoms with van der Waals surface area (Å²) in [6, 6.07) is 2.16. The lowest BCUT2D eigenvalue weighted by Crippen LogP contribution is -2.22. The normalized spacial score (nSPS) is 20.7. The number of hydrogen-bond acceptors (Lipinski definition) is 7. The maximum Gasteiger partial charge on any atom is 0.421 e. The lowest BCUT2D eigenvalue weighted by atomic mass is 9.85. The van der Waals surface area contributed by atoms with E-state index in [4.69, 9.17) is 5.10 Å². The quantitative estimate of drug-likeness (QED) is 0.614. The van der Waals surface area contributed by atoms with E-state index in [1.54, 1.807) is 13.3 Å². The zero-order valence-corrected chi connectivity index (χ0v) is 17.1. The van der Waals surface area contributed by atoms with Gasteiger partial charge >= 0.3 is 6.18 Å². The van der Waals surface area contributed by atoms with Crippen molar-refractivity contribution in [3.05, 3.63) is 35.7 Å². The van der Waals surface area contributed by atoms with Gasteiger partial charge in [0, 0.05) is 25.4 Å². The highest BCUT2D eigenvalue weighted by Crippen LogP contribution is 2.43. The van der Waals surface area contributed by atoms with E-state index in [-0.39, 0.29) is 23.2 Å². The molecule has 1 saturated carbocycles. The number of aromatic nitrogens is 7. The maximum atomic E-state index is 13.3. The lowest BCUT2D eigenvalue weighted by Gasteiger charge is -2.18. The number of alkyl halides is 3. The number of fused-ring (bicyclic) bond motifs is 1. The molecule has 0 amide bonds. The molecular weight excluding hydrogens is 411 g/mol. The summed E-state index contributed by atoms with van der Waals surface area (Å²) in [5, 5.41) is 14.8. The molecule has 31 heavy (non-hydrogen) atoms. The van der Waals surface area contributed by atoms with Gasteiger partial charge in [-0.3, -0.25) is 0 Å². The molecular formula is C19H22F3N9. The van der Waals surface area contributed by atoms with Gasteiger partial charge in [0.05, 0.1) is 17.2 Å². The van der Waals surface area contributed by atoms with Crippen LogP contribution < -0.4 is 10.6 Å². The van der Waals surface area contributed by atoms with Crippen LogP contribution in [0.4, 0.5) is 30.8 Å². The molecule has 0 bridgehead atoms. The first-order chi connectivity index (χ1) is 14.8. The molecule has 2 aliphatic rings. The van der Waals surface area contributed by atoms with Crippen LogP contribution in [-0.2, 0) is 18.1 Å². The van der Waals surface area contributed by atoms with Gasteiger partial charge in [0.25, 0.3) is 0 Å². The van der Waals surface area contributed by atoms with Crippen molar-refractivity contribution in [1.82, 2.24) is 34.5 Å². The molecule has 12 heteroatoms. The summed E-state index contributed by atoms with van der Waals surface area (Å²) < 4.78 is 43.5. The van der Waals surface area contributed by atoms with Crippen molar-refractivity contribution in [1.29, 1.82) is 0 Å². The largest absolute Gasteiger partial charge is 0.421 e. The van der Waals surface area contributed by atoms with E-state index in [9.17, 15) is 13.2 Å². The summed E-state index contributed by atoms with van der Waals surface area (Å²) in [6.45, 7) is 4.87. The van der Waals surface area contributed by atoms with Gasteiger partial charge in [-0.2, -0.15) is 28.4 Å². The fourth-order valence-electron chi connectivity index (χ4n) is 3.96. The fourth-order valence-corrected chi connectivity index (χ4v) is 3.96. The molecule has 3 aromatic heterocycles. The highest BCUT2D eigenvalue weighted by atomic mass is 19.4. The Hall–Kier alpha value is -3.18. The maximum absolute atomic E-state index is 13.3. The minimum absolute atomic E-state index is 0.0806. The van der Waals surface area contributed by atoms with Crippen LogP contribution in [0.5, 0.6) is 0 Å². The van der Waals surface area contributed by atoms with Gasteiger partial charge in [-0.25, -0.2) is 19.3 Å². The number of anilines is 3. The molecule has 1 aliphatic heterocycles. The van der Waals surface area contributed by atoms with Gasteiger partial charge in [0.2, 0.25) is 5.95 Å². The third-order valence-electron chi connectivity index (χ3n) is 5.80. The number of rotatable bonds is 6. The number of aryl methyl sites for hydroxylation is 1. The molecule has 0 aromatic carbocycles. The standard InChI is InChI=1S/C19H22F3N9/c1-3-23-15-12(19(20,21)22)9-24-17(28-15)27-14-8-13(29-31(14)11-4-5-11)18(2)6-7-30-16(18)25-10-26-30/h8-11H,3-7H2,1-2H3,(H2,23,24,27,28). The molecule has 3 aromatic rings. The molecule has 164 valence electrons. The molecule has 1 atom stereocenters. The van der Waals surface area contributed by atoms with Gasteiger partial charge in [0.1, 0.15) is 29.4 Å². The van der Waals surface area contributed by atoms with E-state index in [1.807, 2.05) is 15.4 Å². The summed E-state index contributed by atoms with van der Waals surface area (Å²) in [5.41, 5.74) is -0.440. The van der Waals surface area contributed by atoms with Gasteiger partial charge in [-0.15, -0.1) is 0 Å². The predicted octanol–water partition coefficient (Wildman–Crippen LogP) is 3.50. The third kappa shape index (κ3) is 3.39. The Morgan fingerprint density at radius 1 is 1.26 bits per heavy atom. The van der Waals surface area contributed by atoms with Crippen LogP contribution in [-0.4, -0.2) is 41.1 Å². The Morgan fingerprint density at radius 2 is 2.06 bits per heavy atom. The second-order valence-electron chi connectivity index (χ2n) is 8.09. The van der Waals surface area contributed by atoms with Crippen LogP contribution in [0.1, 0.15) is 56.2 Å². The van der Waals surface area contributed by atoms with E-state index in [2.05, 4.69) is 37.6 Å². The Bertz CT molecular complexity index is 1120. The highest BCUT2D eigenvalue weighted by Gasteiger charge is 2.42. The van der Waals surface area contributed by atoms with Crippen LogP contribution in [0.25, 0.3) is 0 Å². The van der Waals surface area contributed by atoms with E-state index in [0.717, 1.165) is 43.5 Å². The molecule has 1 aliphatic carbocycles. The van der Waals surface area contributed by atoms with Gasteiger partial charge in [0.15, 0.2) is 0 Å². The minimum atomic E-state index is -4.54. The minimum Gasteiger partial charge on any atom is -0.370 e. The van der Waals surface area contributed by atoms with E-state index < -0.39 is 11.7 Å². The zero-order valence-electron chi connectivity index (χ0n) is 17.1. The molecule has 0 spiro atoms. The van der Waals surface area contributed by atoms with Crippen LogP contribution in [0, 0.1) is 0 Å². The molecule has 1 unspecified atom stereocenters. The Kier molecular flexibility index (Phi) is 4.41. The summed E-state index contributed by atoms with van der Waals surface area (Å²) in [4.78, 5) is 12.4. The first-order valence-electron chi connectivity index (χ1n) is 10.2. The van der Waals surface area contributed by atoms with Crippen molar-refractivity contribution in [3.63, 3.8) is 0 Å². The van der Waals surface area contributed by atoms with E-state index in [0.29, 0.717) is 12.4 Å². The Labute approximate surface area is 176 Å². The van der Waals surface area contributed by atoms with Gasteiger partial charge in [-0.05, 0) is 33.1 Å². The monoisotopic (exact) mass is 433 g/mol. The van der Waals surface area contributed by atoms with Crippen LogP contribution in [0.3, 0.4) is 0 Å². The van der Waals surface area contributed by atoms with Crippen molar-refractivity contribution < 1.29 is 13.2 Å². The number of nitrogens with zero attached hydrogens (tertiary/aromatic N) is 7. The molecule has 5 rings (SSSR count). The van der Waals surface area contributed by atoms with Crippen molar-refractivity contribution >= 4 is 17.6 Å². The number of hydrogen-bond donors (Lipinski definition) is 2. The second-order valence-corrected chi connectivity index (χ2v) is 8.09. The fraction of sp³-hybridized carbons (Fsp3) is 0.526. The number of halogens is 3.